The maximum Gasteiger partial charge on any atom is 0.223 e. The molecule has 2 aromatic rings. The van der Waals surface area contributed by atoms with Gasteiger partial charge in [0.15, 0.2) is 0 Å². The van der Waals surface area contributed by atoms with Crippen molar-refractivity contribution in [2.75, 3.05) is 18.0 Å². The number of nitrogens with one attached hydrogen (secondary N) is 1. The highest BCUT2D eigenvalue weighted by Gasteiger charge is 2.26. The van der Waals surface area contributed by atoms with Crippen LogP contribution in [0.25, 0.3) is 0 Å². The van der Waals surface area contributed by atoms with Crippen molar-refractivity contribution in [1.29, 1.82) is 5.26 Å². The molecule has 1 fully saturated rings. The van der Waals surface area contributed by atoms with Crippen molar-refractivity contribution in [3.8, 4) is 6.07 Å². The highest BCUT2D eigenvalue weighted by atomic mass is 16.1. The third-order valence-electron chi connectivity index (χ3n) is 4.56. The van der Waals surface area contributed by atoms with E-state index >= 15 is 0 Å². The van der Waals surface area contributed by atoms with E-state index < -0.39 is 0 Å². The average molecular weight is 335 g/mol. The average Bonchev–Trinajstić information content (AvgIpc) is 2.69. The molecule has 0 saturated carbocycles. The van der Waals surface area contributed by atoms with E-state index in [0.717, 1.165) is 37.4 Å². The summed E-state index contributed by atoms with van der Waals surface area (Å²) < 4.78 is 0. The third-order valence-corrected chi connectivity index (χ3v) is 4.56. The van der Waals surface area contributed by atoms with Gasteiger partial charge in [0.2, 0.25) is 5.91 Å². The summed E-state index contributed by atoms with van der Waals surface area (Å²) in [7, 11) is 0. The molecule has 1 aliphatic rings. The first-order valence-corrected chi connectivity index (χ1v) is 8.50. The third kappa shape index (κ3) is 4.13. The lowest BCUT2D eigenvalue weighted by Crippen LogP contribution is -2.41. The van der Waals surface area contributed by atoms with E-state index in [1.54, 1.807) is 18.5 Å². The molecule has 1 saturated heterocycles. The fourth-order valence-electron chi connectivity index (χ4n) is 3.05. The summed E-state index contributed by atoms with van der Waals surface area (Å²) in [5.74, 6) is 0.964. The van der Waals surface area contributed by atoms with Crippen LogP contribution in [0.1, 0.15) is 37.1 Å². The number of aromatic nitrogens is 2. The molecule has 0 radical (unpaired) electrons. The topological polar surface area (TPSA) is 81.9 Å². The molecule has 3 rings (SSSR count). The predicted molar refractivity (Wildman–Crippen MR) is 94.7 cm³/mol. The lowest BCUT2D eigenvalue weighted by molar-refractivity contribution is -0.126. The van der Waals surface area contributed by atoms with Crippen LogP contribution in [-0.4, -0.2) is 29.0 Å². The molecule has 0 bridgehead atoms. The van der Waals surface area contributed by atoms with E-state index in [2.05, 4.69) is 26.3 Å². The standard InChI is InChI=1S/C19H21N5O/c1-14(17-4-2-3-9-21-17)23-19(25)16-7-10-24(11-8-16)18-6-5-15(12-20)13-22-18/h2-6,9,13-14,16H,7-8,10-11H2,1H3,(H,23,25)/t14-/m1/s1. The fourth-order valence-corrected chi connectivity index (χ4v) is 3.05. The summed E-state index contributed by atoms with van der Waals surface area (Å²) >= 11 is 0. The first-order chi connectivity index (χ1) is 12.2. The maximum absolute atomic E-state index is 12.5. The van der Waals surface area contributed by atoms with Gasteiger partial charge < -0.3 is 10.2 Å². The lowest BCUT2D eigenvalue weighted by atomic mass is 9.95. The van der Waals surface area contributed by atoms with Gasteiger partial charge in [-0.15, -0.1) is 0 Å². The van der Waals surface area contributed by atoms with Gasteiger partial charge in [-0.05, 0) is 44.0 Å². The van der Waals surface area contributed by atoms with E-state index in [-0.39, 0.29) is 17.9 Å². The quantitative estimate of drug-likeness (QED) is 0.928. The zero-order valence-electron chi connectivity index (χ0n) is 14.2. The minimum absolute atomic E-state index is 0.0146. The highest BCUT2D eigenvalue weighted by Crippen LogP contribution is 2.23. The number of anilines is 1. The maximum atomic E-state index is 12.5. The Hall–Kier alpha value is -2.94. The van der Waals surface area contributed by atoms with Crippen molar-refractivity contribution < 1.29 is 4.79 Å². The summed E-state index contributed by atoms with van der Waals surface area (Å²) in [6, 6.07) is 11.3. The Morgan fingerprint density at radius 2 is 2.08 bits per heavy atom. The van der Waals surface area contributed by atoms with Crippen LogP contribution in [0.5, 0.6) is 0 Å². The van der Waals surface area contributed by atoms with E-state index in [1.165, 1.54) is 0 Å². The number of amides is 1. The molecule has 25 heavy (non-hydrogen) atoms. The number of hydrogen-bond donors (Lipinski definition) is 1. The molecule has 2 aromatic heterocycles. The SMILES string of the molecule is C[C@@H](NC(=O)C1CCN(c2ccc(C#N)cn2)CC1)c1ccccn1. The Morgan fingerprint density at radius 3 is 2.68 bits per heavy atom. The summed E-state index contributed by atoms with van der Waals surface area (Å²) in [5.41, 5.74) is 1.43. The normalized spacial score (nSPS) is 16.1. The molecule has 1 N–H and O–H groups in total. The van der Waals surface area contributed by atoms with Crippen molar-refractivity contribution in [2.45, 2.75) is 25.8 Å². The number of carbonyl (C=O) groups is 1. The molecule has 128 valence electrons. The molecular formula is C19H21N5O. The highest BCUT2D eigenvalue weighted by molar-refractivity contribution is 5.79. The Labute approximate surface area is 147 Å². The molecule has 3 heterocycles. The Kier molecular flexibility index (Phi) is 5.24. The van der Waals surface area contributed by atoms with Crippen molar-refractivity contribution in [3.63, 3.8) is 0 Å². The summed E-state index contributed by atoms with van der Waals surface area (Å²) in [6.07, 6.45) is 4.91. The first-order valence-electron chi connectivity index (χ1n) is 8.50. The van der Waals surface area contributed by atoms with Gasteiger partial charge in [0.05, 0.1) is 17.3 Å². The summed E-state index contributed by atoms with van der Waals surface area (Å²) in [4.78, 5) is 23.3. The number of rotatable bonds is 4. The number of piperidine rings is 1. The molecule has 0 spiro atoms. The van der Waals surface area contributed by atoms with Gasteiger partial charge in [0.1, 0.15) is 11.9 Å². The Balaban J connectivity index is 1.53. The molecule has 6 heteroatoms. The van der Waals surface area contributed by atoms with Crippen LogP contribution in [0.3, 0.4) is 0 Å². The van der Waals surface area contributed by atoms with Gasteiger partial charge in [0, 0.05) is 31.4 Å². The van der Waals surface area contributed by atoms with Crippen LogP contribution >= 0.6 is 0 Å². The predicted octanol–water partition coefficient (Wildman–Crippen LogP) is 2.44. The monoisotopic (exact) mass is 335 g/mol. The van der Waals surface area contributed by atoms with Gasteiger partial charge in [-0.3, -0.25) is 9.78 Å². The molecular weight excluding hydrogens is 314 g/mol. The first kappa shape index (κ1) is 16.9. The number of nitrogens with zero attached hydrogens (tertiary/aromatic N) is 4. The lowest BCUT2D eigenvalue weighted by Gasteiger charge is -2.32. The molecule has 1 amide bonds. The minimum Gasteiger partial charge on any atom is -0.357 e. The van der Waals surface area contributed by atoms with Crippen LogP contribution in [-0.2, 0) is 4.79 Å². The van der Waals surface area contributed by atoms with Gasteiger partial charge in [-0.25, -0.2) is 4.98 Å². The largest absolute Gasteiger partial charge is 0.357 e. The summed E-state index contributed by atoms with van der Waals surface area (Å²) in [5, 5.41) is 11.9. The number of nitriles is 1. The second-order valence-electron chi connectivity index (χ2n) is 6.26. The van der Waals surface area contributed by atoms with Crippen LogP contribution in [0, 0.1) is 17.2 Å². The number of pyridine rings is 2. The van der Waals surface area contributed by atoms with Crippen molar-refractivity contribution in [2.24, 2.45) is 5.92 Å². The summed E-state index contributed by atoms with van der Waals surface area (Å²) in [6.45, 7) is 3.53. The van der Waals surface area contributed by atoms with Crippen molar-refractivity contribution >= 4 is 11.7 Å². The van der Waals surface area contributed by atoms with Gasteiger partial charge >= 0.3 is 0 Å². The zero-order valence-corrected chi connectivity index (χ0v) is 14.2. The number of hydrogen-bond acceptors (Lipinski definition) is 5. The Bertz CT molecular complexity index is 746. The van der Waals surface area contributed by atoms with E-state index in [0.29, 0.717) is 5.56 Å². The van der Waals surface area contributed by atoms with Gasteiger partial charge in [-0.1, -0.05) is 6.07 Å². The molecule has 0 aliphatic carbocycles. The fraction of sp³-hybridized carbons (Fsp3) is 0.368. The van der Waals surface area contributed by atoms with Crippen molar-refractivity contribution in [3.05, 3.63) is 54.0 Å². The van der Waals surface area contributed by atoms with Crippen LogP contribution in [0.2, 0.25) is 0 Å². The molecule has 0 aromatic carbocycles. The van der Waals surface area contributed by atoms with Crippen LogP contribution < -0.4 is 10.2 Å². The molecule has 6 nitrogen and oxygen atoms in total. The van der Waals surface area contributed by atoms with Crippen LogP contribution in [0.4, 0.5) is 5.82 Å². The van der Waals surface area contributed by atoms with Crippen LogP contribution in [0.15, 0.2) is 42.7 Å². The van der Waals surface area contributed by atoms with Gasteiger partial charge in [0.25, 0.3) is 0 Å². The van der Waals surface area contributed by atoms with E-state index in [1.807, 2.05) is 31.2 Å². The minimum atomic E-state index is -0.0908. The van der Waals surface area contributed by atoms with Gasteiger partial charge in [-0.2, -0.15) is 5.26 Å². The number of carbonyl (C=O) groups excluding carboxylic acids is 1. The molecule has 1 aliphatic heterocycles. The van der Waals surface area contributed by atoms with Crippen molar-refractivity contribution in [1.82, 2.24) is 15.3 Å². The second kappa shape index (κ2) is 7.75. The smallest absolute Gasteiger partial charge is 0.223 e. The Morgan fingerprint density at radius 1 is 1.28 bits per heavy atom. The molecule has 0 unspecified atom stereocenters. The molecule has 1 atom stereocenters. The van der Waals surface area contributed by atoms with E-state index in [4.69, 9.17) is 5.26 Å². The zero-order chi connectivity index (χ0) is 17.6. The van der Waals surface area contributed by atoms with E-state index in [9.17, 15) is 4.79 Å². The second-order valence-corrected chi connectivity index (χ2v) is 6.26.